The summed E-state index contributed by atoms with van der Waals surface area (Å²) in [5.74, 6) is -0.0114. The monoisotopic (exact) mass is 227 g/mol. The van der Waals surface area contributed by atoms with Gasteiger partial charge in [0.1, 0.15) is 0 Å². The number of benzene rings is 1. The highest BCUT2D eigenvalue weighted by Crippen LogP contribution is 2.19. The molecule has 0 saturated carbocycles. The Labute approximate surface area is 94.1 Å². The third kappa shape index (κ3) is 3.90. The Morgan fingerprint density at radius 1 is 1.47 bits per heavy atom. The standard InChI is InChI=1S/C11H14ClNO2/c1-8(15)9-5-10(12)7-11(6-9)13-3-2-4-14/h5-7,13-14H,2-4H2,1H3. The number of carbonyl (C=O) groups is 1. The zero-order chi connectivity index (χ0) is 11.3. The summed E-state index contributed by atoms with van der Waals surface area (Å²) in [6, 6.07) is 5.15. The number of anilines is 1. The molecular weight excluding hydrogens is 214 g/mol. The third-order valence-corrected chi connectivity index (χ3v) is 2.19. The minimum absolute atomic E-state index is 0.0114. The second-order valence-corrected chi connectivity index (χ2v) is 3.73. The predicted molar refractivity (Wildman–Crippen MR) is 61.6 cm³/mol. The number of aliphatic hydroxyl groups is 1. The first kappa shape index (κ1) is 12.0. The normalized spacial score (nSPS) is 10.1. The van der Waals surface area contributed by atoms with Crippen molar-refractivity contribution in [1.29, 1.82) is 0 Å². The van der Waals surface area contributed by atoms with Gasteiger partial charge in [-0.25, -0.2) is 0 Å². The number of nitrogens with one attached hydrogen (secondary N) is 1. The van der Waals surface area contributed by atoms with Crippen molar-refractivity contribution in [3.63, 3.8) is 0 Å². The van der Waals surface area contributed by atoms with Crippen molar-refractivity contribution in [2.45, 2.75) is 13.3 Å². The van der Waals surface area contributed by atoms with Crippen LogP contribution < -0.4 is 5.32 Å². The molecule has 1 aromatic carbocycles. The molecule has 0 aliphatic rings. The lowest BCUT2D eigenvalue weighted by atomic mass is 10.1. The lowest BCUT2D eigenvalue weighted by Crippen LogP contribution is -2.04. The van der Waals surface area contributed by atoms with Gasteiger partial charge < -0.3 is 10.4 Å². The smallest absolute Gasteiger partial charge is 0.159 e. The Morgan fingerprint density at radius 3 is 2.80 bits per heavy atom. The van der Waals surface area contributed by atoms with Crippen molar-refractivity contribution in [2.75, 3.05) is 18.5 Å². The molecule has 1 rings (SSSR count). The number of Topliss-reactive ketones (excluding diaryl/α,β-unsaturated/α-hetero) is 1. The third-order valence-electron chi connectivity index (χ3n) is 1.97. The van der Waals surface area contributed by atoms with Crippen LogP contribution in [0.2, 0.25) is 5.02 Å². The Kier molecular flexibility index (Phi) is 4.59. The molecule has 0 aromatic heterocycles. The van der Waals surface area contributed by atoms with Crippen LogP contribution in [0.15, 0.2) is 18.2 Å². The first-order valence-corrected chi connectivity index (χ1v) is 5.17. The molecule has 82 valence electrons. The summed E-state index contributed by atoms with van der Waals surface area (Å²) in [6.45, 7) is 2.31. The SMILES string of the molecule is CC(=O)c1cc(Cl)cc(NCCCO)c1. The van der Waals surface area contributed by atoms with Crippen LogP contribution in [-0.4, -0.2) is 24.0 Å². The highest BCUT2D eigenvalue weighted by molar-refractivity contribution is 6.31. The van der Waals surface area contributed by atoms with Crippen molar-refractivity contribution >= 4 is 23.1 Å². The minimum atomic E-state index is -0.0114. The Morgan fingerprint density at radius 2 is 2.20 bits per heavy atom. The number of ketones is 1. The van der Waals surface area contributed by atoms with Crippen LogP contribution in [-0.2, 0) is 0 Å². The van der Waals surface area contributed by atoms with Gasteiger partial charge in [0.15, 0.2) is 5.78 Å². The second-order valence-electron chi connectivity index (χ2n) is 3.29. The Hall–Kier alpha value is -1.06. The lowest BCUT2D eigenvalue weighted by Gasteiger charge is -2.07. The van der Waals surface area contributed by atoms with E-state index in [9.17, 15) is 4.79 Å². The zero-order valence-corrected chi connectivity index (χ0v) is 9.34. The predicted octanol–water partition coefficient (Wildman–Crippen LogP) is 2.34. The van der Waals surface area contributed by atoms with E-state index in [1.807, 2.05) is 0 Å². The van der Waals surface area contributed by atoms with E-state index in [1.54, 1.807) is 18.2 Å². The number of hydrogen-bond donors (Lipinski definition) is 2. The summed E-state index contributed by atoms with van der Waals surface area (Å²) in [5, 5.41) is 12.2. The van der Waals surface area contributed by atoms with Gasteiger partial charge in [0, 0.05) is 29.4 Å². The molecule has 0 amide bonds. The first-order valence-electron chi connectivity index (χ1n) is 4.79. The molecule has 0 fully saturated rings. The Balaban J connectivity index is 2.75. The van der Waals surface area contributed by atoms with E-state index in [4.69, 9.17) is 16.7 Å². The molecule has 15 heavy (non-hydrogen) atoms. The lowest BCUT2D eigenvalue weighted by molar-refractivity contribution is 0.101. The van der Waals surface area contributed by atoms with Crippen molar-refractivity contribution in [3.05, 3.63) is 28.8 Å². The molecule has 0 saturated heterocycles. The molecule has 0 spiro atoms. The maximum Gasteiger partial charge on any atom is 0.159 e. The first-order chi connectivity index (χ1) is 7.13. The van der Waals surface area contributed by atoms with Gasteiger partial charge >= 0.3 is 0 Å². The molecule has 1 aromatic rings. The van der Waals surface area contributed by atoms with Gasteiger partial charge in [0.2, 0.25) is 0 Å². The van der Waals surface area contributed by atoms with Crippen LogP contribution in [0, 0.1) is 0 Å². The van der Waals surface area contributed by atoms with Gasteiger partial charge in [-0.1, -0.05) is 11.6 Å². The molecule has 3 nitrogen and oxygen atoms in total. The van der Waals surface area contributed by atoms with Crippen molar-refractivity contribution in [3.8, 4) is 0 Å². The van der Waals surface area contributed by atoms with E-state index < -0.39 is 0 Å². The molecule has 0 radical (unpaired) electrons. The number of halogens is 1. The van der Waals surface area contributed by atoms with E-state index >= 15 is 0 Å². The highest BCUT2D eigenvalue weighted by atomic mass is 35.5. The maximum atomic E-state index is 11.2. The molecule has 4 heteroatoms. The average molecular weight is 228 g/mol. The molecule has 0 atom stereocenters. The van der Waals surface area contributed by atoms with E-state index in [2.05, 4.69) is 5.32 Å². The fourth-order valence-electron chi connectivity index (χ4n) is 1.21. The van der Waals surface area contributed by atoms with E-state index in [0.29, 0.717) is 23.6 Å². The van der Waals surface area contributed by atoms with Crippen molar-refractivity contribution in [1.82, 2.24) is 0 Å². The van der Waals surface area contributed by atoms with Gasteiger partial charge in [-0.05, 0) is 31.5 Å². The maximum absolute atomic E-state index is 11.2. The van der Waals surface area contributed by atoms with E-state index in [-0.39, 0.29) is 12.4 Å². The van der Waals surface area contributed by atoms with Crippen LogP contribution in [0.4, 0.5) is 5.69 Å². The quantitative estimate of drug-likeness (QED) is 0.600. The minimum Gasteiger partial charge on any atom is -0.396 e. The fraction of sp³-hybridized carbons (Fsp3) is 0.364. The summed E-state index contributed by atoms with van der Waals surface area (Å²) < 4.78 is 0. The average Bonchev–Trinajstić information content (AvgIpc) is 2.17. The molecule has 0 bridgehead atoms. The second kappa shape index (κ2) is 5.73. The van der Waals surface area contributed by atoms with E-state index in [0.717, 1.165) is 5.69 Å². The Bertz CT molecular complexity index is 352. The number of hydrogen-bond acceptors (Lipinski definition) is 3. The van der Waals surface area contributed by atoms with E-state index in [1.165, 1.54) is 6.92 Å². The highest BCUT2D eigenvalue weighted by Gasteiger charge is 2.03. The molecule has 2 N–H and O–H groups in total. The van der Waals surface area contributed by atoms with Crippen molar-refractivity contribution < 1.29 is 9.90 Å². The number of carbonyl (C=O) groups excluding carboxylic acids is 1. The van der Waals surface area contributed by atoms with Gasteiger partial charge in [-0.15, -0.1) is 0 Å². The van der Waals surface area contributed by atoms with Crippen LogP contribution >= 0.6 is 11.6 Å². The van der Waals surface area contributed by atoms with Gasteiger partial charge in [-0.2, -0.15) is 0 Å². The van der Waals surface area contributed by atoms with Crippen LogP contribution in [0.25, 0.3) is 0 Å². The molecule has 0 unspecified atom stereocenters. The summed E-state index contributed by atoms with van der Waals surface area (Å²) in [7, 11) is 0. The molecule has 0 aliphatic heterocycles. The zero-order valence-electron chi connectivity index (χ0n) is 8.59. The van der Waals surface area contributed by atoms with Crippen LogP contribution in [0.5, 0.6) is 0 Å². The summed E-state index contributed by atoms with van der Waals surface area (Å²) >= 11 is 5.87. The molecular formula is C11H14ClNO2. The number of rotatable bonds is 5. The van der Waals surface area contributed by atoms with Gasteiger partial charge in [0.05, 0.1) is 0 Å². The summed E-state index contributed by atoms with van der Waals surface area (Å²) in [4.78, 5) is 11.2. The topological polar surface area (TPSA) is 49.3 Å². The largest absolute Gasteiger partial charge is 0.396 e. The van der Waals surface area contributed by atoms with Crippen LogP contribution in [0.3, 0.4) is 0 Å². The van der Waals surface area contributed by atoms with Crippen molar-refractivity contribution in [2.24, 2.45) is 0 Å². The van der Waals surface area contributed by atoms with Gasteiger partial charge in [-0.3, -0.25) is 4.79 Å². The fourth-order valence-corrected chi connectivity index (χ4v) is 1.44. The summed E-state index contributed by atoms with van der Waals surface area (Å²) in [6.07, 6.45) is 0.669. The van der Waals surface area contributed by atoms with Crippen LogP contribution in [0.1, 0.15) is 23.7 Å². The van der Waals surface area contributed by atoms with Gasteiger partial charge in [0.25, 0.3) is 0 Å². The molecule has 0 heterocycles. The molecule has 0 aliphatic carbocycles. The number of aliphatic hydroxyl groups excluding tert-OH is 1. The summed E-state index contributed by atoms with van der Waals surface area (Å²) in [5.41, 5.74) is 1.40.